The van der Waals surface area contributed by atoms with Crippen molar-refractivity contribution in [3.8, 4) is 6.07 Å². The van der Waals surface area contributed by atoms with Crippen LogP contribution in [0.4, 0.5) is 0 Å². The molecule has 2 unspecified atom stereocenters. The first-order valence-electron chi connectivity index (χ1n) is 11.6. The van der Waals surface area contributed by atoms with Gasteiger partial charge in [0.05, 0.1) is 22.9 Å². The number of rotatable bonds is 5. The van der Waals surface area contributed by atoms with Crippen LogP contribution in [0.25, 0.3) is 0 Å². The van der Waals surface area contributed by atoms with Crippen LogP contribution in [0, 0.1) is 29.1 Å². The third-order valence-corrected chi connectivity index (χ3v) is 7.96. The van der Waals surface area contributed by atoms with Crippen LogP contribution in [-0.2, 0) is 13.5 Å². The largest absolute Gasteiger partial charge is 0.390 e. The maximum Gasteiger partial charge on any atom is 0.268 e. The lowest BCUT2D eigenvalue weighted by Gasteiger charge is -2.58. The molecule has 4 fully saturated rings. The van der Waals surface area contributed by atoms with Crippen LogP contribution in [0.1, 0.15) is 76.7 Å². The first-order valence-corrected chi connectivity index (χ1v) is 11.6. The van der Waals surface area contributed by atoms with Gasteiger partial charge in [0.1, 0.15) is 5.69 Å². The number of benzene rings is 1. The second-order valence-corrected chi connectivity index (χ2v) is 10.0. The molecule has 4 bridgehead atoms. The molecule has 6 rings (SSSR count). The van der Waals surface area contributed by atoms with E-state index in [-0.39, 0.29) is 17.7 Å². The predicted molar refractivity (Wildman–Crippen MR) is 119 cm³/mol. The summed E-state index contributed by atoms with van der Waals surface area (Å²) in [5.41, 5.74) is 2.33. The molecule has 0 saturated heterocycles. The molecule has 4 aliphatic rings. The van der Waals surface area contributed by atoms with Crippen molar-refractivity contribution in [2.24, 2.45) is 24.8 Å². The van der Waals surface area contributed by atoms with Crippen molar-refractivity contribution in [3.05, 3.63) is 58.4 Å². The Balaban J connectivity index is 1.40. The quantitative estimate of drug-likeness (QED) is 0.710. The number of hydrogen-bond donors (Lipinski definition) is 2. The molecule has 1 aromatic carbocycles. The molecule has 0 aliphatic heterocycles. The van der Waals surface area contributed by atoms with E-state index in [1.807, 2.05) is 13.0 Å². The zero-order chi connectivity index (χ0) is 22.6. The van der Waals surface area contributed by atoms with E-state index in [9.17, 15) is 14.7 Å². The van der Waals surface area contributed by atoms with E-state index in [2.05, 4.69) is 11.4 Å². The van der Waals surface area contributed by atoms with Crippen LogP contribution >= 0.6 is 0 Å². The highest BCUT2D eigenvalue weighted by Gasteiger charge is 2.55. The van der Waals surface area contributed by atoms with E-state index in [1.54, 1.807) is 35.9 Å². The normalized spacial score (nSPS) is 30.2. The lowest BCUT2D eigenvalue weighted by Crippen LogP contribution is -2.61. The maximum atomic E-state index is 13.4. The highest BCUT2D eigenvalue weighted by Crippen LogP contribution is 2.55. The Morgan fingerprint density at radius 3 is 2.41 bits per heavy atom. The molecule has 4 saturated carbocycles. The van der Waals surface area contributed by atoms with Crippen molar-refractivity contribution in [2.45, 2.75) is 57.1 Å². The minimum atomic E-state index is -0.530. The van der Waals surface area contributed by atoms with Crippen LogP contribution in [0.2, 0.25) is 0 Å². The van der Waals surface area contributed by atoms with Crippen molar-refractivity contribution in [3.63, 3.8) is 0 Å². The smallest absolute Gasteiger partial charge is 0.268 e. The summed E-state index contributed by atoms with van der Waals surface area (Å²) < 4.78 is 1.71. The SMILES string of the molecule is CCc1cc(C(=O)c2ccc(C#N)cc2)n(C)c1C(=O)NC1C2CC3CC1CC(O)(C3)C2. The summed E-state index contributed by atoms with van der Waals surface area (Å²) in [7, 11) is 1.77. The Morgan fingerprint density at radius 2 is 1.84 bits per heavy atom. The number of ketones is 1. The highest BCUT2D eigenvalue weighted by atomic mass is 16.3. The summed E-state index contributed by atoms with van der Waals surface area (Å²) in [6, 6.07) is 10.5. The Kier molecular flexibility index (Phi) is 4.98. The summed E-state index contributed by atoms with van der Waals surface area (Å²) in [4.78, 5) is 26.6. The molecule has 32 heavy (non-hydrogen) atoms. The van der Waals surface area contributed by atoms with Crippen molar-refractivity contribution < 1.29 is 14.7 Å². The minimum absolute atomic E-state index is 0.0941. The molecule has 0 spiro atoms. The molecule has 6 nitrogen and oxygen atoms in total. The summed E-state index contributed by atoms with van der Waals surface area (Å²) in [6.07, 6.45) is 5.29. The summed E-state index contributed by atoms with van der Waals surface area (Å²) >= 11 is 0. The standard InChI is InChI=1S/C26H29N3O3/c1-3-17-10-21(24(30)18-6-4-15(14-27)5-7-18)29(2)23(17)25(31)28-22-19-8-16-9-20(22)13-26(32,11-16)12-19/h4-7,10,16,19-20,22,32H,3,8-9,11-13H2,1-2H3,(H,28,31). The van der Waals surface area contributed by atoms with Crippen LogP contribution < -0.4 is 5.32 Å². The molecular weight excluding hydrogens is 402 g/mol. The number of nitrogens with one attached hydrogen (secondary N) is 1. The topological polar surface area (TPSA) is 95.1 Å². The molecule has 4 aliphatic carbocycles. The zero-order valence-corrected chi connectivity index (χ0v) is 18.6. The van der Waals surface area contributed by atoms with E-state index in [4.69, 9.17) is 5.26 Å². The first kappa shape index (κ1) is 21.0. The van der Waals surface area contributed by atoms with Gasteiger partial charge in [0.2, 0.25) is 5.78 Å². The maximum absolute atomic E-state index is 13.4. The molecule has 1 heterocycles. The molecule has 6 heteroatoms. The molecule has 1 amide bonds. The lowest BCUT2D eigenvalue weighted by atomic mass is 9.52. The zero-order valence-electron chi connectivity index (χ0n) is 18.6. The van der Waals surface area contributed by atoms with Crippen molar-refractivity contribution in [1.29, 1.82) is 5.26 Å². The van der Waals surface area contributed by atoms with Crippen LogP contribution in [-0.4, -0.2) is 33.0 Å². The Bertz CT molecular complexity index is 1110. The molecule has 2 aromatic rings. The average Bonchev–Trinajstić information content (AvgIpc) is 3.11. The third-order valence-electron chi connectivity index (χ3n) is 7.96. The van der Waals surface area contributed by atoms with Gasteiger partial charge in [-0.3, -0.25) is 9.59 Å². The van der Waals surface area contributed by atoms with Gasteiger partial charge in [-0.2, -0.15) is 5.26 Å². The number of aromatic nitrogens is 1. The molecular formula is C26H29N3O3. The summed E-state index contributed by atoms with van der Waals surface area (Å²) in [5, 5.41) is 23.1. The molecule has 166 valence electrons. The van der Waals surface area contributed by atoms with Gasteiger partial charge in [0.25, 0.3) is 5.91 Å². The number of aryl methyl sites for hydroxylation is 1. The lowest BCUT2D eigenvalue weighted by molar-refractivity contribution is -0.137. The third kappa shape index (κ3) is 3.36. The number of nitrogens with zero attached hydrogens (tertiary/aromatic N) is 2. The van der Waals surface area contributed by atoms with Gasteiger partial charge in [0.15, 0.2) is 0 Å². The molecule has 0 radical (unpaired) electrons. The molecule has 2 atom stereocenters. The monoisotopic (exact) mass is 431 g/mol. The van der Waals surface area contributed by atoms with Crippen molar-refractivity contribution in [1.82, 2.24) is 9.88 Å². The van der Waals surface area contributed by atoms with Gasteiger partial charge in [0, 0.05) is 18.7 Å². The molecule has 2 N–H and O–H groups in total. The van der Waals surface area contributed by atoms with Gasteiger partial charge < -0.3 is 15.0 Å². The highest BCUT2D eigenvalue weighted by molar-refractivity contribution is 6.09. The fraction of sp³-hybridized carbons (Fsp3) is 0.500. The fourth-order valence-electron chi connectivity index (χ4n) is 6.73. The van der Waals surface area contributed by atoms with Gasteiger partial charge in [-0.05, 0) is 92.2 Å². The van der Waals surface area contributed by atoms with Gasteiger partial charge in [-0.15, -0.1) is 0 Å². The molecule has 1 aromatic heterocycles. The van der Waals surface area contributed by atoms with Gasteiger partial charge >= 0.3 is 0 Å². The number of amides is 1. The van der Waals surface area contributed by atoms with E-state index in [1.165, 1.54) is 0 Å². The predicted octanol–water partition coefficient (Wildman–Crippen LogP) is 3.36. The summed E-state index contributed by atoms with van der Waals surface area (Å²) in [5.74, 6) is 0.958. The van der Waals surface area contributed by atoms with Crippen LogP contribution in [0.15, 0.2) is 30.3 Å². The number of aliphatic hydroxyl groups is 1. The van der Waals surface area contributed by atoms with Gasteiger partial charge in [-0.25, -0.2) is 0 Å². The number of nitriles is 1. The number of carbonyl (C=O) groups is 2. The van der Waals surface area contributed by atoms with E-state index in [0.29, 0.717) is 46.7 Å². The van der Waals surface area contributed by atoms with Crippen LogP contribution in [0.3, 0.4) is 0 Å². The van der Waals surface area contributed by atoms with E-state index in [0.717, 1.165) is 37.7 Å². The number of carbonyl (C=O) groups excluding carboxylic acids is 2. The van der Waals surface area contributed by atoms with Gasteiger partial charge in [-0.1, -0.05) is 6.92 Å². The van der Waals surface area contributed by atoms with Crippen molar-refractivity contribution >= 4 is 11.7 Å². The van der Waals surface area contributed by atoms with E-state index < -0.39 is 5.60 Å². The minimum Gasteiger partial charge on any atom is -0.390 e. The summed E-state index contributed by atoms with van der Waals surface area (Å²) in [6.45, 7) is 1.99. The van der Waals surface area contributed by atoms with E-state index >= 15 is 0 Å². The second kappa shape index (κ2) is 7.60. The van der Waals surface area contributed by atoms with Crippen LogP contribution in [0.5, 0.6) is 0 Å². The fourth-order valence-corrected chi connectivity index (χ4v) is 6.73. The first-order chi connectivity index (χ1) is 15.3. The Hall–Kier alpha value is -2.91. The second-order valence-electron chi connectivity index (χ2n) is 10.0. The Morgan fingerprint density at radius 1 is 1.19 bits per heavy atom. The van der Waals surface area contributed by atoms with Crippen molar-refractivity contribution in [2.75, 3.05) is 0 Å². The Labute approximate surface area is 188 Å². The average molecular weight is 432 g/mol. The number of hydrogen-bond acceptors (Lipinski definition) is 4.